The molecule has 2 unspecified atom stereocenters. The Bertz CT molecular complexity index is 386. The summed E-state index contributed by atoms with van der Waals surface area (Å²) in [4.78, 5) is 0. The van der Waals surface area contributed by atoms with Gasteiger partial charge in [0.15, 0.2) is 0 Å². The molecule has 2 nitrogen and oxygen atoms in total. The molecule has 0 saturated heterocycles. The predicted octanol–water partition coefficient (Wildman–Crippen LogP) is 3.27. The van der Waals surface area contributed by atoms with Gasteiger partial charge < -0.3 is 10.5 Å². The molecule has 1 saturated carbocycles. The lowest BCUT2D eigenvalue weighted by Gasteiger charge is -2.26. The first kappa shape index (κ1) is 12.8. The fraction of sp³-hybridized carbons (Fsp3) is 0.538. The fourth-order valence-corrected chi connectivity index (χ4v) is 2.37. The van der Waals surface area contributed by atoms with Crippen molar-refractivity contribution in [2.24, 2.45) is 5.73 Å². The smallest absolute Gasteiger partial charge is 0.123 e. The van der Waals surface area contributed by atoms with Gasteiger partial charge in [-0.3, -0.25) is 0 Å². The van der Waals surface area contributed by atoms with Gasteiger partial charge in [0.1, 0.15) is 5.82 Å². The molecule has 0 amide bonds. The summed E-state index contributed by atoms with van der Waals surface area (Å²) in [5.41, 5.74) is 6.58. The summed E-state index contributed by atoms with van der Waals surface area (Å²) in [7, 11) is 0. The SMILES string of the molecule is NC1CCCC(OCc2cc(F)ccc2Cl)C1. The lowest BCUT2D eigenvalue weighted by atomic mass is 9.93. The number of halogens is 2. The lowest BCUT2D eigenvalue weighted by Crippen LogP contribution is -2.32. The average Bonchev–Trinajstić information content (AvgIpc) is 2.30. The van der Waals surface area contributed by atoms with Crippen molar-refractivity contribution in [3.05, 3.63) is 34.6 Å². The molecule has 0 aromatic heterocycles. The molecule has 1 aliphatic carbocycles. The number of hydrogen-bond acceptors (Lipinski definition) is 2. The second-order valence-electron chi connectivity index (χ2n) is 4.60. The van der Waals surface area contributed by atoms with E-state index in [9.17, 15) is 4.39 Å². The lowest BCUT2D eigenvalue weighted by molar-refractivity contribution is 0.0122. The van der Waals surface area contributed by atoms with E-state index in [1.54, 1.807) is 6.07 Å². The molecular weight excluding hydrogens is 241 g/mol. The summed E-state index contributed by atoms with van der Waals surface area (Å²) in [6.07, 6.45) is 4.26. The Morgan fingerprint density at radius 2 is 2.24 bits per heavy atom. The van der Waals surface area contributed by atoms with Crippen LogP contribution in [0.3, 0.4) is 0 Å². The zero-order valence-corrected chi connectivity index (χ0v) is 10.4. The Morgan fingerprint density at radius 1 is 1.41 bits per heavy atom. The number of ether oxygens (including phenoxy) is 1. The van der Waals surface area contributed by atoms with E-state index in [1.165, 1.54) is 12.1 Å². The largest absolute Gasteiger partial charge is 0.373 e. The first-order valence-corrected chi connectivity index (χ1v) is 6.34. The van der Waals surface area contributed by atoms with E-state index in [1.807, 2.05) is 0 Å². The fourth-order valence-electron chi connectivity index (χ4n) is 2.19. The number of nitrogens with two attached hydrogens (primary N) is 1. The monoisotopic (exact) mass is 257 g/mol. The molecule has 2 N–H and O–H groups in total. The molecule has 2 atom stereocenters. The normalized spacial score (nSPS) is 24.9. The first-order valence-electron chi connectivity index (χ1n) is 5.96. The minimum absolute atomic E-state index is 0.179. The van der Waals surface area contributed by atoms with Crippen molar-refractivity contribution in [1.29, 1.82) is 0 Å². The van der Waals surface area contributed by atoms with Crippen LogP contribution in [0.25, 0.3) is 0 Å². The van der Waals surface area contributed by atoms with Crippen molar-refractivity contribution in [1.82, 2.24) is 0 Å². The van der Waals surface area contributed by atoms with Gasteiger partial charge in [0.25, 0.3) is 0 Å². The summed E-state index contributed by atoms with van der Waals surface area (Å²) < 4.78 is 18.8. The quantitative estimate of drug-likeness (QED) is 0.902. The van der Waals surface area contributed by atoms with Crippen molar-refractivity contribution < 1.29 is 9.13 Å². The Hall–Kier alpha value is -0.640. The highest BCUT2D eigenvalue weighted by molar-refractivity contribution is 6.31. The van der Waals surface area contributed by atoms with Gasteiger partial charge in [-0.05, 0) is 49.4 Å². The summed E-state index contributed by atoms with van der Waals surface area (Å²) in [6.45, 7) is 0.355. The summed E-state index contributed by atoms with van der Waals surface area (Å²) in [6, 6.07) is 4.56. The molecule has 1 aliphatic rings. The highest BCUT2D eigenvalue weighted by Crippen LogP contribution is 2.23. The molecule has 17 heavy (non-hydrogen) atoms. The van der Waals surface area contributed by atoms with E-state index in [0.717, 1.165) is 25.7 Å². The maximum Gasteiger partial charge on any atom is 0.123 e. The Balaban J connectivity index is 1.90. The van der Waals surface area contributed by atoms with Crippen LogP contribution in [0.15, 0.2) is 18.2 Å². The van der Waals surface area contributed by atoms with Crippen molar-refractivity contribution >= 4 is 11.6 Å². The molecule has 1 aromatic carbocycles. The highest BCUT2D eigenvalue weighted by Gasteiger charge is 2.19. The first-order chi connectivity index (χ1) is 8.15. The molecule has 2 rings (SSSR count). The Kier molecular flexibility index (Phi) is 4.37. The van der Waals surface area contributed by atoms with Gasteiger partial charge >= 0.3 is 0 Å². The van der Waals surface area contributed by atoms with E-state index >= 15 is 0 Å². The number of rotatable bonds is 3. The van der Waals surface area contributed by atoms with Gasteiger partial charge in [0.2, 0.25) is 0 Å². The third-order valence-electron chi connectivity index (χ3n) is 3.15. The molecule has 1 aromatic rings. The Labute approximate surface area is 106 Å². The van der Waals surface area contributed by atoms with Crippen LogP contribution >= 0.6 is 11.6 Å². The van der Waals surface area contributed by atoms with Crippen molar-refractivity contribution in [3.8, 4) is 0 Å². The van der Waals surface area contributed by atoms with E-state index in [0.29, 0.717) is 17.2 Å². The molecule has 0 aliphatic heterocycles. The van der Waals surface area contributed by atoms with E-state index in [4.69, 9.17) is 22.1 Å². The Morgan fingerprint density at radius 3 is 3.00 bits per heavy atom. The maximum atomic E-state index is 13.0. The van der Waals surface area contributed by atoms with Crippen LogP contribution in [0, 0.1) is 5.82 Å². The third-order valence-corrected chi connectivity index (χ3v) is 3.52. The minimum Gasteiger partial charge on any atom is -0.373 e. The van der Waals surface area contributed by atoms with E-state index in [2.05, 4.69) is 0 Å². The summed E-state index contributed by atoms with van der Waals surface area (Å²) >= 11 is 5.97. The van der Waals surface area contributed by atoms with Crippen LogP contribution in [0.5, 0.6) is 0 Å². The van der Waals surface area contributed by atoms with Crippen molar-refractivity contribution in [3.63, 3.8) is 0 Å². The molecule has 94 valence electrons. The second kappa shape index (κ2) is 5.80. The molecule has 0 bridgehead atoms. The molecular formula is C13H17ClFNO. The van der Waals surface area contributed by atoms with Gasteiger partial charge in [-0.2, -0.15) is 0 Å². The van der Waals surface area contributed by atoms with Crippen LogP contribution in [0.4, 0.5) is 4.39 Å². The van der Waals surface area contributed by atoms with Crippen LogP contribution in [0.1, 0.15) is 31.2 Å². The molecule has 0 radical (unpaired) electrons. The van der Waals surface area contributed by atoms with Gasteiger partial charge in [0.05, 0.1) is 12.7 Å². The van der Waals surface area contributed by atoms with Crippen molar-refractivity contribution in [2.75, 3.05) is 0 Å². The van der Waals surface area contributed by atoms with Gasteiger partial charge in [-0.15, -0.1) is 0 Å². The number of benzene rings is 1. The average molecular weight is 258 g/mol. The van der Waals surface area contributed by atoms with Gasteiger partial charge in [0, 0.05) is 11.1 Å². The van der Waals surface area contributed by atoms with Crippen LogP contribution in [-0.2, 0) is 11.3 Å². The molecule has 1 fully saturated rings. The zero-order chi connectivity index (χ0) is 12.3. The van der Waals surface area contributed by atoms with Crippen LogP contribution < -0.4 is 5.73 Å². The van der Waals surface area contributed by atoms with Crippen molar-refractivity contribution in [2.45, 2.75) is 44.4 Å². The molecule has 4 heteroatoms. The molecule has 0 spiro atoms. The second-order valence-corrected chi connectivity index (χ2v) is 5.00. The minimum atomic E-state index is -0.284. The van der Waals surface area contributed by atoms with Crippen LogP contribution in [-0.4, -0.2) is 12.1 Å². The predicted molar refractivity (Wildman–Crippen MR) is 66.4 cm³/mol. The zero-order valence-electron chi connectivity index (χ0n) is 9.66. The van der Waals surface area contributed by atoms with E-state index in [-0.39, 0.29) is 18.0 Å². The van der Waals surface area contributed by atoms with Gasteiger partial charge in [-0.25, -0.2) is 4.39 Å². The van der Waals surface area contributed by atoms with E-state index < -0.39 is 0 Å². The summed E-state index contributed by atoms with van der Waals surface area (Å²) in [5, 5.41) is 0.548. The maximum absolute atomic E-state index is 13.0. The van der Waals surface area contributed by atoms with Crippen LogP contribution in [0.2, 0.25) is 5.02 Å². The summed E-state index contributed by atoms with van der Waals surface area (Å²) in [5.74, 6) is -0.284. The third kappa shape index (κ3) is 3.66. The molecule has 0 heterocycles. The topological polar surface area (TPSA) is 35.2 Å². The number of hydrogen-bond donors (Lipinski definition) is 1. The standard InChI is InChI=1S/C13H17ClFNO/c14-13-5-4-10(15)6-9(13)8-17-12-3-1-2-11(16)7-12/h4-6,11-12H,1-3,7-8,16H2. The highest BCUT2D eigenvalue weighted by atomic mass is 35.5. The van der Waals surface area contributed by atoms with Gasteiger partial charge in [-0.1, -0.05) is 11.6 Å².